The zero-order chi connectivity index (χ0) is 16.1. The van der Waals surface area contributed by atoms with Crippen molar-refractivity contribution in [1.82, 2.24) is 10.9 Å². The first-order valence-corrected chi connectivity index (χ1v) is 8.30. The molecule has 0 radical (unpaired) electrons. The zero-order valence-corrected chi connectivity index (χ0v) is 13.8. The molecule has 1 aliphatic heterocycles. The van der Waals surface area contributed by atoms with Crippen LogP contribution >= 0.6 is 12.2 Å². The van der Waals surface area contributed by atoms with E-state index in [2.05, 4.69) is 52.6 Å². The molecule has 0 aliphatic carbocycles. The maximum atomic E-state index is 5.92. The molecular weight excluding hydrogens is 304 g/mol. The average Bonchev–Trinajstić information content (AvgIpc) is 3.12. The van der Waals surface area contributed by atoms with Gasteiger partial charge < -0.3 is 11.1 Å². The summed E-state index contributed by atoms with van der Waals surface area (Å²) in [6.07, 6.45) is 0. The van der Waals surface area contributed by atoms with Crippen LogP contribution < -0.4 is 21.9 Å². The van der Waals surface area contributed by atoms with Crippen molar-refractivity contribution in [2.45, 2.75) is 11.8 Å². The Kier molecular flexibility index (Phi) is 5.35. The minimum Gasteiger partial charge on any atom is -0.349 e. The van der Waals surface area contributed by atoms with Crippen LogP contribution in [0.1, 0.15) is 23.0 Å². The SMILES string of the molecule is NCC(C(=S)Nc1ccc(C2CNNC2)cc1)c1ccccc1. The van der Waals surface area contributed by atoms with Gasteiger partial charge >= 0.3 is 0 Å². The van der Waals surface area contributed by atoms with Crippen LogP contribution in [0, 0.1) is 0 Å². The van der Waals surface area contributed by atoms with E-state index in [4.69, 9.17) is 18.0 Å². The second-order valence-corrected chi connectivity index (χ2v) is 6.21. The van der Waals surface area contributed by atoms with Crippen LogP contribution in [-0.2, 0) is 0 Å². The maximum absolute atomic E-state index is 5.92. The van der Waals surface area contributed by atoms with Crippen molar-refractivity contribution in [3.8, 4) is 0 Å². The standard InChI is InChI=1S/C18H22N4S/c19-10-17(14-4-2-1-3-5-14)18(23)22-16-8-6-13(7-9-16)15-11-20-21-12-15/h1-9,15,17,20-21H,10-12,19H2,(H,22,23). The smallest absolute Gasteiger partial charge is 0.0885 e. The first-order valence-electron chi connectivity index (χ1n) is 7.89. The summed E-state index contributed by atoms with van der Waals surface area (Å²) in [6.45, 7) is 2.43. The van der Waals surface area contributed by atoms with Gasteiger partial charge in [0.1, 0.15) is 0 Å². The van der Waals surface area contributed by atoms with Crippen LogP contribution in [0.4, 0.5) is 5.69 Å². The molecule has 0 amide bonds. The van der Waals surface area contributed by atoms with E-state index in [1.54, 1.807) is 0 Å². The quantitative estimate of drug-likeness (QED) is 0.636. The molecule has 1 fully saturated rings. The van der Waals surface area contributed by atoms with Crippen LogP contribution in [-0.4, -0.2) is 24.6 Å². The van der Waals surface area contributed by atoms with E-state index < -0.39 is 0 Å². The molecule has 1 unspecified atom stereocenters. The number of rotatable bonds is 5. The molecule has 5 heteroatoms. The predicted octanol–water partition coefficient (Wildman–Crippen LogP) is 2.36. The van der Waals surface area contributed by atoms with Crippen molar-refractivity contribution in [3.05, 3.63) is 65.7 Å². The Morgan fingerprint density at radius 1 is 1.09 bits per heavy atom. The molecule has 1 atom stereocenters. The third kappa shape index (κ3) is 3.95. The van der Waals surface area contributed by atoms with Crippen molar-refractivity contribution in [3.63, 3.8) is 0 Å². The summed E-state index contributed by atoms with van der Waals surface area (Å²) in [5, 5.41) is 3.33. The van der Waals surface area contributed by atoms with E-state index >= 15 is 0 Å². The number of nitrogens with one attached hydrogen (secondary N) is 3. The second-order valence-electron chi connectivity index (χ2n) is 5.77. The predicted molar refractivity (Wildman–Crippen MR) is 99.6 cm³/mol. The zero-order valence-electron chi connectivity index (χ0n) is 13.0. The lowest BCUT2D eigenvalue weighted by molar-refractivity contribution is 0.689. The van der Waals surface area contributed by atoms with Crippen LogP contribution in [0.2, 0.25) is 0 Å². The summed E-state index contributed by atoms with van der Waals surface area (Å²) in [7, 11) is 0. The molecule has 120 valence electrons. The molecule has 1 aliphatic rings. The Hall–Kier alpha value is -1.79. The lowest BCUT2D eigenvalue weighted by Crippen LogP contribution is -2.25. The fourth-order valence-electron chi connectivity index (χ4n) is 2.85. The van der Waals surface area contributed by atoms with Gasteiger partial charge in [-0.05, 0) is 23.3 Å². The van der Waals surface area contributed by atoms with E-state index in [-0.39, 0.29) is 5.92 Å². The monoisotopic (exact) mass is 326 g/mol. The van der Waals surface area contributed by atoms with Gasteiger partial charge in [-0.2, -0.15) is 0 Å². The summed E-state index contributed by atoms with van der Waals surface area (Å²) >= 11 is 5.57. The molecule has 0 aromatic heterocycles. The number of anilines is 1. The van der Waals surface area contributed by atoms with Gasteiger partial charge in [0.25, 0.3) is 0 Å². The summed E-state index contributed by atoms with van der Waals surface area (Å²) in [5.41, 5.74) is 15.7. The topological polar surface area (TPSA) is 62.1 Å². The minimum atomic E-state index is 0.0362. The Morgan fingerprint density at radius 3 is 2.35 bits per heavy atom. The van der Waals surface area contributed by atoms with E-state index in [9.17, 15) is 0 Å². The van der Waals surface area contributed by atoms with E-state index in [1.807, 2.05) is 18.2 Å². The van der Waals surface area contributed by atoms with Crippen molar-refractivity contribution in [2.75, 3.05) is 25.0 Å². The Labute approximate surface area is 142 Å². The molecule has 0 saturated carbocycles. The summed E-state index contributed by atoms with van der Waals surface area (Å²) in [4.78, 5) is 0.760. The lowest BCUT2D eigenvalue weighted by Gasteiger charge is -2.18. The Bertz CT molecular complexity index is 636. The number of hydrogen-bond acceptors (Lipinski definition) is 4. The maximum Gasteiger partial charge on any atom is 0.0885 e. The highest BCUT2D eigenvalue weighted by atomic mass is 32.1. The third-order valence-corrected chi connectivity index (χ3v) is 4.61. The molecule has 4 nitrogen and oxygen atoms in total. The van der Waals surface area contributed by atoms with Crippen LogP contribution in [0.3, 0.4) is 0 Å². The molecule has 5 N–H and O–H groups in total. The number of nitrogens with two attached hydrogens (primary N) is 1. The molecule has 2 aromatic rings. The normalized spacial score (nSPS) is 16.2. The van der Waals surface area contributed by atoms with Gasteiger partial charge in [-0.3, -0.25) is 10.9 Å². The van der Waals surface area contributed by atoms with E-state index in [0.29, 0.717) is 12.5 Å². The first-order chi connectivity index (χ1) is 11.3. The largest absolute Gasteiger partial charge is 0.349 e. The van der Waals surface area contributed by atoms with Crippen molar-refractivity contribution in [2.24, 2.45) is 5.73 Å². The highest BCUT2D eigenvalue weighted by Crippen LogP contribution is 2.21. The molecule has 23 heavy (non-hydrogen) atoms. The molecule has 3 rings (SSSR count). The summed E-state index contributed by atoms with van der Waals surface area (Å²) in [5.74, 6) is 0.561. The molecule has 2 aromatic carbocycles. The van der Waals surface area contributed by atoms with Gasteiger partial charge in [0, 0.05) is 37.2 Å². The first kappa shape index (κ1) is 16.1. The summed E-state index contributed by atoms with van der Waals surface area (Å²) in [6, 6.07) is 18.6. The van der Waals surface area contributed by atoms with Gasteiger partial charge in [-0.15, -0.1) is 0 Å². The highest BCUT2D eigenvalue weighted by molar-refractivity contribution is 7.80. The highest BCUT2D eigenvalue weighted by Gasteiger charge is 2.17. The second kappa shape index (κ2) is 7.66. The molecule has 1 saturated heterocycles. The molecular formula is C18H22N4S. The molecule has 0 spiro atoms. The number of hydrazine groups is 1. The van der Waals surface area contributed by atoms with Gasteiger partial charge in [-0.1, -0.05) is 54.7 Å². The Balaban J connectivity index is 1.67. The van der Waals surface area contributed by atoms with Gasteiger partial charge in [0.05, 0.1) is 4.99 Å². The number of thiocarbonyl (C=S) groups is 1. The summed E-state index contributed by atoms with van der Waals surface area (Å²) < 4.78 is 0. The minimum absolute atomic E-state index is 0.0362. The molecule has 1 heterocycles. The lowest BCUT2D eigenvalue weighted by atomic mass is 9.98. The van der Waals surface area contributed by atoms with Gasteiger partial charge in [0.2, 0.25) is 0 Å². The average molecular weight is 326 g/mol. The van der Waals surface area contributed by atoms with E-state index in [0.717, 1.165) is 29.3 Å². The van der Waals surface area contributed by atoms with Crippen molar-refractivity contribution >= 4 is 22.9 Å². The Morgan fingerprint density at radius 2 is 1.74 bits per heavy atom. The number of benzene rings is 2. The molecule has 0 bridgehead atoms. The van der Waals surface area contributed by atoms with Crippen LogP contribution in [0.5, 0.6) is 0 Å². The van der Waals surface area contributed by atoms with Gasteiger partial charge in [0.15, 0.2) is 0 Å². The van der Waals surface area contributed by atoms with Crippen LogP contribution in [0.15, 0.2) is 54.6 Å². The van der Waals surface area contributed by atoms with Crippen molar-refractivity contribution in [1.29, 1.82) is 0 Å². The van der Waals surface area contributed by atoms with E-state index in [1.165, 1.54) is 5.56 Å². The number of hydrogen-bond donors (Lipinski definition) is 4. The van der Waals surface area contributed by atoms with Crippen LogP contribution in [0.25, 0.3) is 0 Å². The van der Waals surface area contributed by atoms with Gasteiger partial charge in [-0.25, -0.2) is 0 Å². The fourth-order valence-corrected chi connectivity index (χ4v) is 3.20. The fraction of sp³-hybridized carbons (Fsp3) is 0.278. The third-order valence-electron chi connectivity index (χ3n) is 4.23. The van der Waals surface area contributed by atoms with Crippen molar-refractivity contribution < 1.29 is 0 Å².